The van der Waals surface area contributed by atoms with Gasteiger partial charge >= 0.3 is 16.1 Å². The number of benzene rings is 2. The summed E-state index contributed by atoms with van der Waals surface area (Å²) in [5.74, 6) is 0.189. The van der Waals surface area contributed by atoms with Crippen molar-refractivity contribution in [3.8, 4) is 5.75 Å². The molecule has 0 amide bonds. The van der Waals surface area contributed by atoms with Crippen LogP contribution in [0.1, 0.15) is 18.4 Å². The number of ether oxygens (including phenoxy) is 1. The molecule has 0 radical (unpaired) electrons. The molecule has 1 heterocycles. The van der Waals surface area contributed by atoms with Crippen molar-refractivity contribution in [3.05, 3.63) is 71.3 Å². The van der Waals surface area contributed by atoms with Crippen molar-refractivity contribution >= 4 is 27.7 Å². The van der Waals surface area contributed by atoms with E-state index in [9.17, 15) is 13.2 Å². The Balaban J connectivity index is 1.52. The minimum absolute atomic E-state index is 0.0102. The van der Waals surface area contributed by atoms with Gasteiger partial charge in [0.25, 0.3) is 0 Å². The standard InChI is InChI=1S/C21H19ClO5S/c1-14-9-16-13-26-20(23)21(16,11-14)12-15-5-7-18(8-6-15)27-28(24,25)19-4-2-3-17(22)10-19/h2-8,10,16H,1,9,11-13H2. The topological polar surface area (TPSA) is 69.7 Å². The Morgan fingerprint density at radius 3 is 2.68 bits per heavy atom. The Hall–Kier alpha value is -2.31. The van der Waals surface area contributed by atoms with E-state index in [2.05, 4.69) is 6.58 Å². The zero-order chi connectivity index (χ0) is 19.9. The first kappa shape index (κ1) is 19.0. The minimum Gasteiger partial charge on any atom is -0.465 e. The summed E-state index contributed by atoms with van der Waals surface area (Å²) in [4.78, 5) is 12.4. The van der Waals surface area contributed by atoms with Crippen LogP contribution in [-0.2, 0) is 26.1 Å². The first-order valence-corrected chi connectivity index (χ1v) is 10.7. The second-order valence-corrected chi connectivity index (χ2v) is 9.38. The summed E-state index contributed by atoms with van der Waals surface area (Å²) in [6, 6.07) is 12.6. The number of allylic oxidation sites excluding steroid dienone is 1. The summed E-state index contributed by atoms with van der Waals surface area (Å²) >= 11 is 5.86. The van der Waals surface area contributed by atoms with Crippen LogP contribution in [0.15, 0.2) is 65.6 Å². The minimum atomic E-state index is -3.97. The molecule has 2 fully saturated rings. The first-order chi connectivity index (χ1) is 13.3. The number of halogens is 1. The molecule has 5 nitrogen and oxygen atoms in total. The van der Waals surface area contributed by atoms with E-state index >= 15 is 0 Å². The second kappa shape index (κ2) is 6.94. The average molecular weight is 419 g/mol. The van der Waals surface area contributed by atoms with Gasteiger partial charge in [0.2, 0.25) is 0 Å². The van der Waals surface area contributed by atoms with Crippen LogP contribution in [0.4, 0.5) is 0 Å². The molecule has 146 valence electrons. The fraction of sp³-hybridized carbons (Fsp3) is 0.286. The van der Waals surface area contributed by atoms with Crippen LogP contribution >= 0.6 is 11.6 Å². The van der Waals surface area contributed by atoms with Gasteiger partial charge in [-0.1, -0.05) is 42.0 Å². The van der Waals surface area contributed by atoms with Gasteiger partial charge in [-0.15, -0.1) is 0 Å². The van der Waals surface area contributed by atoms with E-state index in [1.165, 1.54) is 12.1 Å². The molecule has 2 aliphatic rings. The van der Waals surface area contributed by atoms with Gasteiger partial charge in [-0.05, 0) is 55.2 Å². The summed E-state index contributed by atoms with van der Waals surface area (Å²) < 4.78 is 35.3. The summed E-state index contributed by atoms with van der Waals surface area (Å²) in [5.41, 5.74) is 1.45. The molecule has 2 unspecified atom stereocenters. The van der Waals surface area contributed by atoms with Crippen LogP contribution in [0.3, 0.4) is 0 Å². The van der Waals surface area contributed by atoms with Gasteiger partial charge in [0.1, 0.15) is 10.6 Å². The van der Waals surface area contributed by atoms with Gasteiger partial charge < -0.3 is 8.92 Å². The lowest BCUT2D eigenvalue weighted by atomic mass is 9.75. The molecule has 28 heavy (non-hydrogen) atoms. The molecular weight excluding hydrogens is 400 g/mol. The van der Waals surface area contributed by atoms with Gasteiger partial charge in [-0.3, -0.25) is 4.79 Å². The molecule has 7 heteroatoms. The summed E-state index contributed by atoms with van der Waals surface area (Å²) in [7, 11) is -3.97. The monoisotopic (exact) mass is 418 g/mol. The Morgan fingerprint density at radius 1 is 1.21 bits per heavy atom. The maximum atomic E-state index is 12.4. The van der Waals surface area contributed by atoms with Crippen molar-refractivity contribution in [2.24, 2.45) is 11.3 Å². The number of hydrogen-bond donors (Lipinski definition) is 0. The molecule has 0 spiro atoms. The molecule has 1 saturated heterocycles. The largest absolute Gasteiger partial charge is 0.465 e. The normalized spacial score (nSPS) is 24.1. The van der Waals surface area contributed by atoms with Crippen molar-refractivity contribution in [3.63, 3.8) is 0 Å². The molecule has 1 saturated carbocycles. The molecule has 2 aromatic carbocycles. The SMILES string of the molecule is C=C1CC2COC(=O)C2(Cc2ccc(OS(=O)(=O)c3cccc(Cl)c3)cc2)C1. The quantitative estimate of drug-likeness (QED) is 0.414. The second-order valence-electron chi connectivity index (χ2n) is 7.40. The van der Waals surface area contributed by atoms with Gasteiger partial charge in [-0.25, -0.2) is 0 Å². The van der Waals surface area contributed by atoms with E-state index < -0.39 is 15.5 Å². The number of hydrogen-bond acceptors (Lipinski definition) is 5. The predicted octanol–water partition coefficient (Wildman–Crippen LogP) is 4.16. The average Bonchev–Trinajstić information content (AvgIpc) is 3.11. The van der Waals surface area contributed by atoms with Crippen molar-refractivity contribution in [2.45, 2.75) is 24.2 Å². The zero-order valence-corrected chi connectivity index (χ0v) is 16.6. The fourth-order valence-corrected chi connectivity index (χ4v) is 5.32. The lowest BCUT2D eigenvalue weighted by molar-refractivity contribution is -0.146. The van der Waals surface area contributed by atoms with E-state index in [1.807, 2.05) is 0 Å². The van der Waals surface area contributed by atoms with Crippen molar-refractivity contribution in [2.75, 3.05) is 6.61 Å². The number of carbonyl (C=O) groups is 1. The van der Waals surface area contributed by atoms with E-state index in [4.69, 9.17) is 20.5 Å². The van der Waals surface area contributed by atoms with Crippen LogP contribution in [0, 0.1) is 11.3 Å². The summed E-state index contributed by atoms with van der Waals surface area (Å²) in [5, 5.41) is 0.315. The highest BCUT2D eigenvalue weighted by Gasteiger charge is 2.55. The zero-order valence-electron chi connectivity index (χ0n) is 15.1. The Kier molecular flexibility index (Phi) is 4.71. The lowest BCUT2D eigenvalue weighted by Crippen LogP contribution is -2.31. The first-order valence-electron chi connectivity index (χ1n) is 8.91. The number of fused-ring (bicyclic) bond motifs is 1. The third-order valence-electron chi connectivity index (χ3n) is 5.44. The molecule has 4 rings (SSSR count). The van der Waals surface area contributed by atoms with Crippen molar-refractivity contribution < 1.29 is 22.1 Å². The Bertz CT molecular complexity index is 1040. The number of rotatable bonds is 5. The third-order valence-corrected chi connectivity index (χ3v) is 6.92. The maximum absolute atomic E-state index is 12.4. The molecule has 2 atom stereocenters. The molecule has 1 aliphatic carbocycles. The van der Waals surface area contributed by atoms with E-state index in [1.54, 1.807) is 36.4 Å². The highest BCUT2D eigenvalue weighted by Crippen LogP contribution is 2.52. The van der Waals surface area contributed by atoms with Gasteiger partial charge in [-0.2, -0.15) is 8.42 Å². The fourth-order valence-electron chi connectivity index (χ4n) is 4.09. The van der Waals surface area contributed by atoms with Crippen LogP contribution in [-0.4, -0.2) is 21.0 Å². The number of carbonyl (C=O) groups excluding carboxylic acids is 1. The third kappa shape index (κ3) is 3.42. The van der Waals surface area contributed by atoms with Crippen LogP contribution in [0.2, 0.25) is 5.02 Å². The van der Waals surface area contributed by atoms with Gasteiger partial charge in [0.05, 0.1) is 12.0 Å². The molecule has 2 aromatic rings. The number of cyclic esters (lactones) is 1. The van der Waals surface area contributed by atoms with Crippen LogP contribution < -0.4 is 4.18 Å². The summed E-state index contributed by atoms with van der Waals surface area (Å²) in [6.07, 6.45) is 1.99. The molecule has 1 aliphatic heterocycles. The van der Waals surface area contributed by atoms with Gasteiger partial charge in [0.15, 0.2) is 0 Å². The Morgan fingerprint density at radius 2 is 1.96 bits per heavy atom. The van der Waals surface area contributed by atoms with Gasteiger partial charge in [0, 0.05) is 10.9 Å². The number of esters is 1. The van der Waals surface area contributed by atoms with Crippen LogP contribution in [0.25, 0.3) is 0 Å². The highest BCUT2D eigenvalue weighted by atomic mass is 35.5. The molecule has 0 N–H and O–H groups in total. The van der Waals surface area contributed by atoms with Crippen molar-refractivity contribution in [1.82, 2.24) is 0 Å². The molecule has 0 aromatic heterocycles. The van der Waals surface area contributed by atoms with E-state index in [0.717, 1.165) is 17.6 Å². The lowest BCUT2D eigenvalue weighted by Gasteiger charge is -2.24. The summed E-state index contributed by atoms with van der Waals surface area (Å²) in [6.45, 7) is 4.48. The van der Waals surface area contributed by atoms with E-state index in [-0.39, 0.29) is 22.5 Å². The Labute approximate surface area is 169 Å². The smallest absolute Gasteiger partial charge is 0.339 e. The highest BCUT2D eigenvalue weighted by molar-refractivity contribution is 7.87. The predicted molar refractivity (Wildman–Crippen MR) is 105 cm³/mol. The molecule has 0 bridgehead atoms. The van der Waals surface area contributed by atoms with E-state index in [0.29, 0.717) is 24.5 Å². The maximum Gasteiger partial charge on any atom is 0.339 e. The van der Waals surface area contributed by atoms with Crippen LogP contribution in [0.5, 0.6) is 5.75 Å². The van der Waals surface area contributed by atoms with Crippen molar-refractivity contribution in [1.29, 1.82) is 0 Å². The molecular formula is C21H19ClO5S.